The van der Waals surface area contributed by atoms with Crippen LogP contribution in [-0.2, 0) is 20.1 Å². The standard InChI is InChI=1S/C14H19ClN4/c1-10-13(14(15)19(3)17-10)9-18(2)8-11-5-4-6-12(16)7-11/h4-7H,8-9,16H2,1-3H3. The second-order valence-electron chi connectivity index (χ2n) is 4.90. The van der Waals surface area contributed by atoms with Gasteiger partial charge in [0.05, 0.1) is 5.69 Å². The largest absolute Gasteiger partial charge is 0.399 e. The smallest absolute Gasteiger partial charge is 0.131 e. The molecule has 0 spiro atoms. The third-order valence-corrected chi connectivity index (χ3v) is 3.57. The first kappa shape index (κ1) is 13.9. The Hall–Kier alpha value is -1.52. The van der Waals surface area contributed by atoms with Crippen LogP contribution >= 0.6 is 11.6 Å². The Labute approximate surface area is 118 Å². The molecule has 2 rings (SSSR count). The molecular formula is C14H19ClN4. The van der Waals surface area contributed by atoms with Gasteiger partial charge in [0.2, 0.25) is 0 Å². The molecule has 0 atom stereocenters. The second kappa shape index (κ2) is 5.63. The van der Waals surface area contributed by atoms with Gasteiger partial charge in [0.15, 0.2) is 0 Å². The SMILES string of the molecule is Cc1nn(C)c(Cl)c1CN(C)Cc1cccc(N)c1. The molecule has 1 heterocycles. The quantitative estimate of drug-likeness (QED) is 0.875. The fraction of sp³-hybridized carbons (Fsp3) is 0.357. The molecule has 0 amide bonds. The summed E-state index contributed by atoms with van der Waals surface area (Å²) in [5.41, 5.74) is 9.83. The van der Waals surface area contributed by atoms with Crippen LogP contribution in [0.3, 0.4) is 0 Å². The van der Waals surface area contributed by atoms with Gasteiger partial charge in [-0.2, -0.15) is 5.10 Å². The molecule has 1 aromatic heterocycles. The van der Waals surface area contributed by atoms with E-state index in [1.807, 2.05) is 32.2 Å². The van der Waals surface area contributed by atoms with E-state index >= 15 is 0 Å². The van der Waals surface area contributed by atoms with Crippen molar-refractivity contribution in [2.24, 2.45) is 7.05 Å². The summed E-state index contributed by atoms with van der Waals surface area (Å²) in [4.78, 5) is 2.20. The van der Waals surface area contributed by atoms with Crippen molar-refractivity contribution in [3.63, 3.8) is 0 Å². The first-order chi connectivity index (χ1) is 8.97. The molecule has 102 valence electrons. The van der Waals surface area contributed by atoms with Gasteiger partial charge >= 0.3 is 0 Å². The summed E-state index contributed by atoms with van der Waals surface area (Å²) in [6.07, 6.45) is 0. The highest BCUT2D eigenvalue weighted by Gasteiger charge is 2.13. The van der Waals surface area contributed by atoms with Gasteiger partial charge in [0.1, 0.15) is 5.15 Å². The zero-order valence-corrected chi connectivity index (χ0v) is 12.3. The van der Waals surface area contributed by atoms with Crippen molar-refractivity contribution in [1.82, 2.24) is 14.7 Å². The van der Waals surface area contributed by atoms with E-state index in [0.717, 1.165) is 30.0 Å². The van der Waals surface area contributed by atoms with Crippen molar-refractivity contribution in [2.45, 2.75) is 20.0 Å². The molecule has 4 nitrogen and oxygen atoms in total. The molecule has 2 aromatic rings. The molecule has 5 heteroatoms. The predicted molar refractivity (Wildman–Crippen MR) is 79.0 cm³/mol. The van der Waals surface area contributed by atoms with Crippen molar-refractivity contribution in [2.75, 3.05) is 12.8 Å². The van der Waals surface area contributed by atoms with Crippen molar-refractivity contribution in [3.05, 3.63) is 46.2 Å². The molecule has 0 fully saturated rings. The molecule has 0 aliphatic carbocycles. The van der Waals surface area contributed by atoms with E-state index in [1.54, 1.807) is 4.68 Å². The highest BCUT2D eigenvalue weighted by molar-refractivity contribution is 6.30. The third kappa shape index (κ3) is 3.28. The first-order valence-electron chi connectivity index (χ1n) is 6.18. The number of hydrogen-bond acceptors (Lipinski definition) is 3. The lowest BCUT2D eigenvalue weighted by Crippen LogP contribution is -2.17. The van der Waals surface area contributed by atoms with E-state index < -0.39 is 0 Å². The monoisotopic (exact) mass is 278 g/mol. The Morgan fingerprint density at radius 3 is 2.68 bits per heavy atom. The predicted octanol–water partition coefficient (Wildman–Crippen LogP) is 2.60. The highest BCUT2D eigenvalue weighted by Crippen LogP contribution is 2.21. The van der Waals surface area contributed by atoms with Crippen molar-refractivity contribution in [3.8, 4) is 0 Å². The van der Waals surface area contributed by atoms with Gasteiger partial charge in [-0.1, -0.05) is 23.7 Å². The number of nitrogen functional groups attached to an aromatic ring is 1. The molecule has 1 aromatic carbocycles. The average Bonchev–Trinajstić information content (AvgIpc) is 2.56. The van der Waals surface area contributed by atoms with Crippen LogP contribution in [0, 0.1) is 6.92 Å². The van der Waals surface area contributed by atoms with Crippen LogP contribution < -0.4 is 5.73 Å². The van der Waals surface area contributed by atoms with Gasteiger partial charge in [0, 0.05) is 31.4 Å². The summed E-state index contributed by atoms with van der Waals surface area (Å²) in [6.45, 7) is 3.58. The summed E-state index contributed by atoms with van der Waals surface area (Å²) in [7, 11) is 3.92. The van der Waals surface area contributed by atoms with Crippen molar-refractivity contribution in [1.29, 1.82) is 0 Å². The fourth-order valence-corrected chi connectivity index (χ4v) is 2.42. The number of anilines is 1. The Morgan fingerprint density at radius 2 is 2.11 bits per heavy atom. The minimum Gasteiger partial charge on any atom is -0.399 e. The van der Waals surface area contributed by atoms with Gasteiger partial charge < -0.3 is 5.73 Å². The Kier molecular flexibility index (Phi) is 4.12. The van der Waals surface area contributed by atoms with Gasteiger partial charge in [-0.05, 0) is 31.7 Å². The molecule has 2 N–H and O–H groups in total. The van der Waals surface area contributed by atoms with Crippen LogP contribution in [0.25, 0.3) is 0 Å². The van der Waals surface area contributed by atoms with E-state index in [0.29, 0.717) is 5.15 Å². The van der Waals surface area contributed by atoms with Crippen LogP contribution in [0.2, 0.25) is 5.15 Å². The highest BCUT2D eigenvalue weighted by atomic mass is 35.5. The zero-order valence-electron chi connectivity index (χ0n) is 11.5. The lowest BCUT2D eigenvalue weighted by Gasteiger charge is -2.17. The lowest BCUT2D eigenvalue weighted by atomic mass is 10.2. The van der Waals surface area contributed by atoms with Crippen LogP contribution in [0.1, 0.15) is 16.8 Å². The van der Waals surface area contributed by atoms with Gasteiger partial charge in [-0.25, -0.2) is 0 Å². The van der Waals surface area contributed by atoms with E-state index in [1.165, 1.54) is 5.56 Å². The summed E-state index contributed by atoms with van der Waals surface area (Å²) in [5, 5.41) is 5.03. The Balaban J connectivity index is 2.07. The molecule has 0 aliphatic rings. The second-order valence-corrected chi connectivity index (χ2v) is 5.25. The lowest BCUT2D eigenvalue weighted by molar-refractivity contribution is 0.318. The minimum atomic E-state index is 0.705. The number of halogens is 1. The van der Waals surface area contributed by atoms with Crippen molar-refractivity contribution < 1.29 is 0 Å². The number of benzene rings is 1. The topological polar surface area (TPSA) is 47.1 Å². The molecular weight excluding hydrogens is 260 g/mol. The molecule has 0 radical (unpaired) electrons. The van der Waals surface area contributed by atoms with E-state index in [-0.39, 0.29) is 0 Å². The first-order valence-corrected chi connectivity index (χ1v) is 6.56. The van der Waals surface area contributed by atoms with Crippen LogP contribution in [-0.4, -0.2) is 21.7 Å². The molecule has 0 unspecified atom stereocenters. The Bertz CT molecular complexity index is 577. The zero-order chi connectivity index (χ0) is 14.0. The third-order valence-electron chi connectivity index (χ3n) is 3.10. The maximum Gasteiger partial charge on any atom is 0.131 e. The number of nitrogens with two attached hydrogens (primary N) is 1. The summed E-state index contributed by atoms with van der Waals surface area (Å²) < 4.78 is 1.71. The average molecular weight is 279 g/mol. The van der Waals surface area contributed by atoms with Gasteiger partial charge in [-0.15, -0.1) is 0 Å². The van der Waals surface area contributed by atoms with E-state index in [9.17, 15) is 0 Å². The summed E-state index contributed by atoms with van der Waals surface area (Å²) in [5.74, 6) is 0. The fourth-order valence-electron chi connectivity index (χ4n) is 2.18. The maximum absolute atomic E-state index is 6.24. The number of hydrogen-bond donors (Lipinski definition) is 1. The van der Waals surface area contributed by atoms with E-state index in [4.69, 9.17) is 17.3 Å². The summed E-state index contributed by atoms with van der Waals surface area (Å²) in [6, 6.07) is 7.94. The number of rotatable bonds is 4. The Morgan fingerprint density at radius 1 is 1.37 bits per heavy atom. The summed E-state index contributed by atoms with van der Waals surface area (Å²) >= 11 is 6.24. The maximum atomic E-state index is 6.24. The van der Waals surface area contributed by atoms with Crippen LogP contribution in [0.4, 0.5) is 5.69 Å². The van der Waals surface area contributed by atoms with Crippen LogP contribution in [0.15, 0.2) is 24.3 Å². The molecule has 0 saturated heterocycles. The molecule has 0 aliphatic heterocycles. The molecule has 19 heavy (non-hydrogen) atoms. The minimum absolute atomic E-state index is 0.705. The molecule has 0 saturated carbocycles. The number of nitrogens with zero attached hydrogens (tertiary/aromatic N) is 3. The normalized spacial score (nSPS) is 11.2. The van der Waals surface area contributed by atoms with Crippen molar-refractivity contribution >= 4 is 17.3 Å². The number of aromatic nitrogens is 2. The van der Waals surface area contributed by atoms with Gasteiger partial charge in [0.25, 0.3) is 0 Å². The molecule has 0 bridgehead atoms. The number of aryl methyl sites for hydroxylation is 2. The van der Waals surface area contributed by atoms with Crippen LogP contribution in [0.5, 0.6) is 0 Å². The van der Waals surface area contributed by atoms with Gasteiger partial charge in [-0.3, -0.25) is 9.58 Å². The van der Waals surface area contributed by atoms with E-state index in [2.05, 4.69) is 23.1 Å².